The maximum Gasteiger partial charge on any atom is 0.451 e. The molecule has 0 radical (unpaired) electrons. The van der Waals surface area contributed by atoms with Crippen LogP contribution in [0.4, 0.5) is 0 Å². The van der Waals surface area contributed by atoms with Crippen LogP contribution in [-0.4, -0.2) is 59.9 Å². The molecule has 0 fully saturated rings. The van der Waals surface area contributed by atoms with Crippen LogP contribution >= 0.6 is 11.3 Å². The van der Waals surface area contributed by atoms with Gasteiger partial charge in [-0.3, -0.25) is 0 Å². The van der Waals surface area contributed by atoms with Crippen molar-refractivity contribution in [1.82, 2.24) is 10.3 Å². The summed E-state index contributed by atoms with van der Waals surface area (Å²) in [6.07, 6.45) is 1.96. The van der Waals surface area contributed by atoms with Gasteiger partial charge < -0.3 is 34.1 Å². The van der Waals surface area contributed by atoms with Gasteiger partial charge in [-0.05, 0) is 24.3 Å². The number of nitrogens with one attached hydrogen (secondary N) is 1. The second kappa shape index (κ2) is 10.9. The van der Waals surface area contributed by atoms with E-state index in [9.17, 15) is 14.7 Å². The molecule has 0 saturated carbocycles. The van der Waals surface area contributed by atoms with E-state index in [2.05, 4.69) is 10.3 Å². The van der Waals surface area contributed by atoms with Crippen molar-refractivity contribution in [3.8, 4) is 16.7 Å². The summed E-state index contributed by atoms with van der Waals surface area (Å²) in [5.41, 5.74) is 0. The minimum Gasteiger partial charge on any atom is -0.490 e. The summed E-state index contributed by atoms with van der Waals surface area (Å²) < 4.78 is 27.1. The fourth-order valence-electron chi connectivity index (χ4n) is 2.56. The summed E-state index contributed by atoms with van der Waals surface area (Å²) in [7, 11) is 0. The van der Waals surface area contributed by atoms with Crippen LogP contribution in [-0.2, 0) is 19.1 Å². The van der Waals surface area contributed by atoms with Crippen molar-refractivity contribution in [2.45, 2.75) is 32.0 Å². The van der Waals surface area contributed by atoms with Crippen LogP contribution < -0.4 is 19.5 Å². The van der Waals surface area contributed by atoms with E-state index in [1.54, 1.807) is 18.3 Å². The van der Waals surface area contributed by atoms with Crippen molar-refractivity contribution < 1.29 is 38.4 Å². The van der Waals surface area contributed by atoms with Gasteiger partial charge in [-0.1, -0.05) is 25.2 Å². The van der Waals surface area contributed by atoms with Crippen LogP contribution in [0.25, 0.3) is 0 Å². The van der Waals surface area contributed by atoms with E-state index in [0.29, 0.717) is 24.2 Å². The Labute approximate surface area is 188 Å². The summed E-state index contributed by atoms with van der Waals surface area (Å²) >= 11 is 1.39. The zero-order valence-electron chi connectivity index (χ0n) is 17.6. The third-order valence-corrected chi connectivity index (χ3v) is 4.72. The zero-order valence-corrected chi connectivity index (χ0v) is 18.4. The van der Waals surface area contributed by atoms with Gasteiger partial charge in [-0.2, -0.15) is 0 Å². The number of ether oxygens (including phenoxy) is 5. The van der Waals surface area contributed by atoms with E-state index in [1.165, 1.54) is 23.5 Å². The summed E-state index contributed by atoms with van der Waals surface area (Å²) in [6, 6.07) is 6.31. The van der Waals surface area contributed by atoms with E-state index < -0.39 is 24.0 Å². The molecule has 0 aliphatic carbocycles. The Balaban J connectivity index is 1.64. The van der Waals surface area contributed by atoms with Crippen LogP contribution in [0.2, 0.25) is 0 Å². The van der Waals surface area contributed by atoms with E-state index >= 15 is 0 Å². The predicted octanol–water partition coefficient (Wildman–Crippen LogP) is 1.65. The predicted molar refractivity (Wildman–Crippen MR) is 113 cm³/mol. The fraction of sp³-hybridized carbons (Fsp3) is 0.381. The normalized spacial score (nSPS) is 16.1. The highest BCUT2D eigenvalue weighted by molar-refractivity contribution is 7.11. The molecule has 32 heavy (non-hydrogen) atoms. The van der Waals surface area contributed by atoms with Gasteiger partial charge in [0.05, 0.1) is 0 Å². The van der Waals surface area contributed by atoms with E-state index in [-0.39, 0.29) is 18.3 Å². The first-order valence-corrected chi connectivity index (χ1v) is 10.7. The molecule has 1 atom stereocenters. The number of nitrogens with zero attached hydrogens (tertiary/aromatic N) is 1. The molecule has 1 aliphatic heterocycles. The number of hydrogen-bond donors (Lipinski definition) is 2. The lowest BCUT2D eigenvalue weighted by molar-refractivity contribution is -0.340. The number of aromatic nitrogens is 1. The number of esters is 2. The van der Waals surface area contributed by atoms with Gasteiger partial charge in [0.15, 0.2) is 6.10 Å². The molecule has 172 valence electrons. The Morgan fingerprint density at radius 1 is 1.06 bits per heavy atom. The molecule has 2 N–H and O–H groups in total. The lowest BCUT2D eigenvalue weighted by atomic mass is 10.2. The first-order chi connectivity index (χ1) is 15.4. The van der Waals surface area contributed by atoms with Crippen LogP contribution in [0.15, 0.2) is 48.0 Å². The van der Waals surface area contributed by atoms with E-state index in [4.69, 9.17) is 23.7 Å². The minimum atomic E-state index is -2.36. The zero-order chi connectivity index (χ0) is 23.0. The van der Waals surface area contributed by atoms with Crippen LogP contribution in [0, 0.1) is 0 Å². The van der Waals surface area contributed by atoms with Crippen molar-refractivity contribution in [3.63, 3.8) is 0 Å². The summed E-state index contributed by atoms with van der Waals surface area (Å²) in [4.78, 5) is 28.0. The van der Waals surface area contributed by atoms with Gasteiger partial charge in [-0.25, -0.2) is 14.6 Å². The van der Waals surface area contributed by atoms with E-state index in [1.807, 2.05) is 19.2 Å². The third kappa shape index (κ3) is 6.67. The highest BCUT2D eigenvalue weighted by atomic mass is 32.1. The average molecular weight is 464 g/mol. The van der Waals surface area contributed by atoms with Crippen LogP contribution in [0.1, 0.15) is 13.8 Å². The lowest BCUT2D eigenvalue weighted by Gasteiger charge is -2.34. The Hall–Kier alpha value is -3.15. The number of thiazole rings is 1. The number of hydrogen-bond acceptors (Lipinski definition) is 11. The Morgan fingerprint density at radius 3 is 2.28 bits per heavy atom. The molecule has 2 aromatic rings. The van der Waals surface area contributed by atoms with Crippen molar-refractivity contribution in [3.05, 3.63) is 48.0 Å². The van der Waals surface area contributed by atoms with Gasteiger partial charge in [0.1, 0.15) is 24.7 Å². The lowest BCUT2D eigenvalue weighted by Crippen LogP contribution is -2.57. The van der Waals surface area contributed by atoms with Gasteiger partial charge in [0.2, 0.25) is 0 Å². The highest BCUT2D eigenvalue weighted by Gasteiger charge is 2.50. The molecular formula is C21H24N2O8S. The number of rotatable bonds is 11. The molecule has 11 heteroatoms. The molecule has 1 aromatic heterocycles. The SMILES string of the molecule is CC(C)NCC(O)C1(Oc2ccc(OCCOc3nccs3)cc2)OC(=O)C=CC(=O)O1. The smallest absolute Gasteiger partial charge is 0.451 e. The second-order valence-electron chi connectivity index (χ2n) is 6.93. The minimum absolute atomic E-state index is 0.0213. The van der Waals surface area contributed by atoms with Crippen LogP contribution in [0.5, 0.6) is 16.7 Å². The maximum absolute atomic E-state index is 12.0. The molecule has 1 unspecified atom stereocenters. The van der Waals surface area contributed by atoms with Gasteiger partial charge >= 0.3 is 17.9 Å². The largest absolute Gasteiger partial charge is 0.490 e. The van der Waals surface area contributed by atoms with E-state index in [0.717, 1.165) is 12.2 Å². The monoisotopic (exact) mass is 464 g/mol. The molecule has 1 aliphatic rings. The third-order valence-electron chi connectivity index (χ3n) is 4.04. The molecule has 0 spiro atoms. The molecular weight excluding hydrogens is 440 g/mol. The van der Waals surface area contributed by atoms with Crippen molar-refractivity contribution >= 4 is 23.3 Å². The van der Waals surface area contributed by atoms with Gasteiger partial charge in [0.25, 0.3) is 5.19 Å². The summed E-state index contributed by atoms with van der Waals surface area (Å²) in [5, 5.41) is 16.0. The fourth-order valence-corrected chi connectivity index (χ4v) is 3.07. The average Bonchev–Trinajstić information content (AvgIpc) is 3.23. The first kappa shape index (κ1) is 23.5. The molecule has 0 bridgehead atoms. The number of aliphatic hydroxyl groups is 1. The van der Waals surface area contributed by atoms with Crippen molar-refractivity contribution in [1.29, 1.82) is 0 Å². The highest BCUT2D eigenvalue weighted by Crippen LogP contribution is 2.28. The molecule has 1 aromatic carbocycles. The molecule has 0 amide bonds. The van der Waals surface area contributed by atoms with Crippen molar-refractivity contribution in [2.24, 2.45) is 0 Å². The molecule has 3 rings (SSSR count). The Kier molecular flexibility index (Phi) is 8.03. The number of carbonyl (C=O) groups is 2. The maximum atomic E-state index is 12.0. The molecule has 2 heterocycles. The summed E-state index contributed by atoms with van der Waals surface area (Å²) in [5.74, 6) is -3.42. The van der Waals surface area contributed by atoms with Crippen LogP contribution in [0.3, 0.4) is 0 Å². The number of benzene rings is 1. The second-order valence-corrected chi connectivity index (χ2v) is 7.78. The number of cyclic esters (lactones) is 2. The molecule has 0 saturated heterocycles. The van der Waals surface area contributed by atoms with Crippen molar-refractivity contribution in [2.75, 3.05) is 19.8 Å². The number of aliphatic hydroxyl groups excluding tert-OH is 1. The van der Waals surface area contributed by atoms with Gasteiger partial charge in [-0.15, -0.1) is 0 Å². The Morgan fingerprint density at radius 2 is 1.69 bits per heavy atom. The Bertz CT molecular complexity index is 894. The topological polar surface area (TPSA) is 125 Å². The number of carbonyl (C=O) groups excluding carboxylic acids is 2. The quantitative estimate of drug-likeness (QED) is 0.374. The standard InChI is InChI=1S/C21H24N2O8S/c1-14(2)23-13-17(24)21(30-18(25)7-8-19(26)31-21)29-16-5-3-15(4-6-16)27-10-11-28-20-22-9-12-32-20/h3-9,12,14,17,23-24H,10-11,13H2,1-2H3. The molecule has 10 nitrogen and oxygen atoms in total. The summed E-state index contributed by atoms with van der Waals surface area (Å²) in [6.45, 7) is 4.30. The van der Waals surface area contributed by atoms with Gasteiger partial charge in [0, 0.05) is 36.3 Å². The first-order valence-electron chi connectivity index (χ1n) is 9.86.